The Morgan fingerprint density at radius 1 is 1.15 bits per heavy atom. The minimum atomic E-state index is 0.345. The van der Waals surface area contributed by atoms with E-state index in [4.69, 9.17) is 5.73 Å². The highest BCUT2D eigenvalue weighted by Gasteiger charge is 2.29. The van der Waals surface area contributed by atoms with Crippen LogP contribution < -0.4 is 5.73 Å². The van der Waals surface area contributed by atoms with Gasteiger partial charge in [0.05, 0.1) is 0 Å². The van der Waals surface area contributed by atoms with Crippen LogP contribution in [0.4, 0.5) is 0 Å². The maximum atomic E-state index is 5.84. The number of nitrogens with two attached hydrogens (primary N) is 1. The number of hydrogen-bond acceptors (Lipinski definition) is 2. The molecule has 2 aliphatic rings. The van der Waals surface area contributed by atoms with Crippen LogP contribution >= 0.6 is 0 Å². The van der Waals surface area contributed by atoms with Crippen molar-refractivity contribution in [2.45, 2.75) is 38.6 Å². The molecule has 1 atom stereocenters. The second-order valence-electron chi connectivity index (χ2n) is 5.08. The fraction of sp³-hybridized carbons (Fsp3) is 1.00. The molecule has 0 radical (unpaired) electrons. The highest BCUT2D eigenvalue weighted by atomic mass is 15.1. The Balaban J connectivity index is 1.70. The molecule has 0 spiro atoms. The molecule has 0 heterocycles. The molecule has 0 aromatic carbocycles. The summed E-state index contributed by atoms with van der Waals surface area (Å²) in [7, 11) is 0. The Bertz CT molecular complexity index is 140. The zero-order chi connectivity index (χ0) is 9.26. The van der Waals surface area contributed by atoms with Gasteiger partial charge in [-0.25, -0.2) is 0 Å². The van der Waals surface area contributed by atoms with Crippen LogP contribution in [0, 0.1) is 11.8 Å². The van der Waals surface area contributed by atoms with Crippen molar-refractivity contribution in [2.75, 3.05) is 19.6 Å². The third-order valence-corrected chi connectivity index (χ3v) is 2.97. The van der Waals surface area contributed by atoms with Crippen molar-refractivity contribution >= 4 is 0 Å². The van der Waals surface area contributed by atoms with Gasteiger partial charge in [0.1, 0.15) is 0 Å². The molecule has 0 unspecified atom stereocenters. The molecule has 0 bridgehead atoms. The molecule has 2 fully saturated rings. The minimum Gasteiger partial charge on any atom is -0.327 e. The summed E-state index contributed by atoms with van der Waals surface area (Å²) >= 11 is 0. The smallest absolute Gasteiger partial charge is 0.0139 e. The summed E-state index contributed by atoms with van der Waals surface area (Å²) in [6.45, 7) is 5.86. The fourth-order valence-corrected chi connectivity index (χ4v) is 1.96. The maximum absolute atomic E-state index is 5.84. The van der Waals surface area contributed by atoms with Gasteiger partial charge < -0.3 is 10.6 Å². The number of rotatable bonds is 6. The van der Waals surface area contributed by atoms with Gasteiger partial charge in [-0.2, -0.15) is 0 Å². The molecular formula is C11H22N2. The zero-order valence-corrected chi connectivity index (χ0v) is 8.71. The largest absolute Gasteiger partial charge is 0.327 e. The Kier molecular flexibility index (Phi) is 2.89. The van der Waals surface area contributed by atoms with Crippen LogP contribution in [0.3, 0.4) is 0 Å². The van der Waals surface area contributed by atoms with Gasteiger partial charge in [-0.05, 0) is 44.4 Å². The topological polar surface area (TPSA) is 29.3 Å². The predicted molar refractivity (Wildman–Crippen MR) is 55.5 cm³/mol. The molecule has 2 heteroatoms. The van der Waals surface area contributed by atoms with E-state index in [0.717, 1.165) is 18.4 Å². The summed E-state index contributed by atoms with van der Waals surface area (Å²) in [5, 5.41) is 0. The van der Waals surface area contributed by atoms with Crippen molar-refractivity contribution < 1.29 is 0 Å². The second kappa shape index (κ2) is 3.97. The average Bonchev–Trinajstić information content (AvgIpc) is 2.79. The van der Waals surface area contributed by atoms with Gasteiger partial charge in [0, 0.05) is 25.7 Å². The minimum absolute atomic E-state index is 0.345. The summed E-state index contributed by atoms with van der Waals surface area (Å²) in [5.74, 6) is 2.02. The lowest BCUT2D eigenvalue weighted by Gasteiger charge is -2.23. The molecule has 0 amide bonds. The van der Waals surface area contributed by atoms with Crippen molar-refractivity contribution in [3.8, 4) is 0 Å². The number of nitrogens with zero attached hydrogens (tertiary/aromatic N) is 1. The molecule has 2 aliphatic carbocycles. The SMILES string of the molecule is C[C@H](N)CN(CC1CC1)CC1CC1. The number of hydrogen-bond donors (Lipinski definition) is 1. The predicted octanol–water partition coefficient (Wildman–Crippen LogP) is 1.46. The normalized spacial score (nSPS) is 25.2. The molecule has 13 heavy (non-hydrogen) atoms. The Labute approximate surface area is 81.5 Å². The first kappa shape index (κ1) is 9.47. The molecule has 0 saturated heterocycles. The van der Waals surface area contributed by atoms with E-state index >= 15 is 0 Å². The summed E-state index contributed by atoms with van der Waals surface area (Å²) in [4.78, 5) is 2.60. The summed E-state index contributed by atoms with van der Waals surface area (Å²) < 4.78 is 0. The molecule has 2 nitrogen and oxygen atoms in total. The van der Waals surface area contributed by atoms with Crippen LogP contribution in [0.25, 0.3) is 0 Å². The van der Waals surface area contributed by atoms with Crippen LogP contribution in [0.5, 0.6) is 0 Å². The van der Waals surface area contributed by atoms with Crippen LogP contribution in [0.15, 0.2) is 0 Å². The van der Waals surface area contributed by atoms with Gasteiger partial charge in [0.25, 0.3) is 0 Å². The van der Waals surface area contributed by atoms with Gasteiger partial charge in [-0.3, -0.25) is 0 Å². The van der Waals surface area contributed by atoms with E-state index in [0.29, 0.717) is 6.04 Å². The third kappa shape index (κ3) is 3.65. The monoisotopic (exact) mass is 182 g/mol. The van der Waals surface area contributed by atoms with Crippen LogP contribution in [0.2, 0.25) is 0 Å². The van der Waals surface area contributed by atoms with E-state index in [-0.39, 0.29) is 0 Å². The highest BCUT2D eigenvalue weighted by Crippen LogP contribution is 2.33. The molecule has 2 rings (SSSR count). The van der Waals surface area contributed by atoms with E-state index in [1.807, 2.05) is 0 Å². The van der Waals surface area contributed by atoms with Gasteiger partial charge >= 0.3 is 0 Å². The summed E-state index contributed by atoms with van der Waals surface area (Å²) in [6.07, 6.45) is 5.83. The highest BCUT2D eigenvalue weighted by molar-refractivity contribution is 4.83. The Morgan fingerprint density at radius 2 is 1.62 bits per heavy atom. The van der Waals surface area contributed by atoms with Gasteiger partial charge in [0.15, 0.2) is 0 Å². The van der Waals surface area contributed by atoms with Gasteiger partial charge in [-0.1, -0.05) is 0 Å². The molecule has 76 valence electrons. The molecule has 0 aromatic heterocycles. The Hall–Kier alpha value is -0.0800. The average molecular weight is 182 g/mol. The van der Waals surface area contributed by atoms with Crippen molar-refractivity contribution in [2.24, 2.45) is 17.6 Å². The zero-order valence-electron chi connectivity index (χ0n) is 8.71. The fourth-order valence-electron chi connectivity index (χ4n) is 1.96. The first-order valence-electron chi connectivity index (χ1n) is 5.72. The lowest BCUT2D eigenvalue weighted by molar-refractivity contribution is 0.241. The molecule has 0 aliphatic heterocycles. The first-order chi connectivity index (χ1) is 6.24. The van der Waals surface area contributed by atoms with E-state index in [1.54, 1.807) is 0 Å². The lowest BCUT2D eigenvalue weighted by atomic mass is 10.2. The van der Waals surface area contributed by atoms with E-state index in [1.165, 1.54) is 38.8 Å². The van der Waals surface area contributed by atoms with E-state index < -0.39 is 0 Å². The quantitative estimate of drug-likeness (QED) is 0.674. The molecule has 0 aromatic rings. The summed E-state index contributed by atoms with van der Waals surface area (Å²) in [6, 6.07) is 0.345. The summed E-state index contributed by atoms with van der Waals surface area (Å²) in [5.41, 5.74) is 5.84. The third-order valence-electron chi connectivity index (χ3n) is 2.97. The van der Waals surface area contributed by atoms with Gasteiger partial charge in [0.2, 0.25) is 0 Å². The van der Waals surface area contributed by atoms with Crippen LogP contribution in [-0.2, 0) is 0 Å². The second-order valence-corrected chi connectivity index (χ2v) is 5.08. The van der Waals surface area contributed by atoms with E-state index in [9.17, 15) is 0 Å². The molecule has 2 N–H and O–H groups in total. The van der Waals surface area contributed by atoms with Crippen molar-refractivity contribution in [3.63, 3.8) is 0 Å². The van der Waals surface area contributed by atoms with Crippen molar-refractivity contribution in [1.82, 2.24) is 4.90 Å². The Morgan fingerprint density at radius 3 is 1.92 bits per heavy atom. The van der Waals surface area contributed by atoms with E-state index in [2.05, 4.69) is 11.8 Å². The van der Waals surface area contributed by atoms with Crippen molar-refractivity contribution in [3.05, 3.63) is 0 Å². The van der Waals surface area contributed by atoms with Crippen molar-refractivity contribution in [1.29, 1.82) is 0 Å². The molecular weight excluding hydrogens is 160 g/mol. The van der Waals surface area contributed by atoms with Gasteiger partial charge in [-0.15, -0.1) is 0 Å². The molecule has 2 saturated carbocycles. The standard InChI is InChI=1S/C11H22N2/c1-9(12)6-13(7-10-2-3-10)8-11-4-5-11/h9-11H,2-8,12H2,1H3/t9-/m0/s1. The lowest BCUT2D eigenvalue weighted by Crippen LogP contribution is -2.38. The van der Waals surface area contributed by atoms with Crippen LogP contribution in [0.1, 0.15) is 32.6 Å². The first-order valence-corrected chi connectivity index (χ1v) is 5.72. The maximum Gasteiger partial charge on any atom is 0.0139 e. The van der Waals surface area contributed by atoms with Crippen LogP contribution in [-0.4, -0.2) is 30.6 Å².